The van der Waals surface area contributed by atoms with Crippen LogP contribution in [0.3, 0.4) is 0 Å². The zero-order valence-corrected chi connectivity index (χ0v) is 8.32. The van der Waals surface area contributed by atoms with Crippen LogP contribution in [-0.2, 0) is 4.79 Å². The number of hydrogen-bond acceptors (Lipinski definition) is 1. The molecule has 2 nitrogen and oxygen atoms in total. The Balaban J connectivity index is 2.22. The van der Waals surface area contributed by atoms with E-state index < -0.39 is 5.97 Å². The van der Waals surface area contributed by atoms with Gasteiger partial charge in [-0.1, -0.05) is 18.6 Å². The molecule has 1 aromatic carbocycles. The normalized spacial score (nSPS) is 25.4. The summed E-state index contributed by atoms with van der Waals surface area (Å²) in [6.45, 7) is 0. The molecular formula is C12H13FO2. The first-order valence-electron chi connectivity index (χ1n) is 5.17. The smallest absolute Gasteiger partial charge is 0.307 e. The van der Waals surface area contributed by atoms with E-state index >= 15 is 0 Å². The molecule has 0 saturated heterocycles. The number of hydrogen-bond donors (Lipinski definition) is 1. The molecule has 80 valence electrons. The highest BCUT2D eigenvalue weighted by molar-refractivity contribution is 5.71. The van der Waals surface area contributed by atoms with Crippen LogP contribution in [0.2, 0.25) is 0 Å². The van der Waals surface area contributed by atoms with E-state index in [4.69, 9.17) is 5.11 Å². The van der Waals surface area contributed by atoms with Crippen molar-refractivity contribution in [1.29, 1.82) is 0 Å². The molecule has 0 heterocycles. The van der Waals surface area contributed by atoms with Crippen LogP contribution in [0, 0.1) is 11.7 Å². The molecule has 2 atom stereocenters. The Hall–Kier alpha value is -1.38. The van der Waals surface area contributed by atoms with Gasteiger partial charge in [0.15, 0.2) is 0 Å². The molecule has 3 heteroatoms. The van der Waals surface area contributed by atoms with E-state index in [0.29, 0.717) is 0 Å². The Morgan fingerprint density at radius 3 is 2.53 bits per heavy atom. The highest BCUT2D eigenvalue weighted by Crippen LogP contribution is 2.39. The molecular weight excluding hydrogens is 195 g/mol. The SMILES string of the molecule is O=C(O)C1CCCC1c1ccc(F)cc1. The van der Waals surface area contributed by atoms with Crippen LogP contribution >= 0.6 is 0 Å². The van der Waals surface area contributed by atoms with Gasteiger partial charge in [0.05, 0.1) is 5.92 Å². The van der Waals surface area contributed by atoms with Crippen molar-refractivity contribution in [3.8, 4) is 0 Å². The molecule has 0 aliphatic heterocycles. The Bertz CT molecular complexity index is 358. The second-order valence-corrected chi connectivity index (χ2v) is 4.03. The van der Waals surface area contributed by atoms with Crippen LogP contribution < -0.4 is 0 Å². The van der Waals surface area contributed by atoms with Crippen LogP contribution in [0.5, 0.6) is 0 Å². The monoisotopic (exact) mass is 208 g/mol. The molecule has 1 fully saturated rings. The lowest BCUT2D eigenvalue weighted by molar-refractivity contribution is -0.142. The molecule has 0 radical (unpaired) electrons. The molecule has 0 amide bonds. The number of halogens is 1. The van der Waals surface area contributed by atoms with E-state index in [0.717, 1.165) is 24.8 Å². The van der Waals surface area contributed by atoms with Crippen LogP contribution in [-0.4, -0.2) is 11.1 Å². The van der Waals surface area contributed by atoms with Gasteiger partial charge in [-0.2, -0.15) is 0 Å². The molecule has 1 aromatic rings. The van der Waals surface area contributed by atoms with Crippen molar-refractivity contribution in [2.45, 2.75) is 25.2 Å². The molecule has 2 rings (SSSR count). The first-order chi connectivity index (χ1) is 7.18. The summed E-state index contributed by atoms with van der Waals surface area (Å²) in [4.78, 5) is 11.0. The van der Waals surface area contributed by atoms with Crippen LogP contribution in [0.4, 0.5) is 4.39 Å². The lowest BCUT2D eigenvalue weighted by atomic mass is 9.89. The van der Waals surface area contributed by atoms with Crippen molar-refractivity contribution < 1.29 is 14.3 Å². The van der Waals surface area contributed by atoms with E-state index in [1.165, 1.54) is 12.1 Å². The minimum absolute atomic E-state index is 0.0584. The number of benzene rings is 1. The summed E-state index contributed by atoms with van der Waals surface area (Å²) < 4.78 is 12.7. The summed E-state index contributed by atoms with van der Waals surface area (Å²) in [6.07, 6.45) is 2.57. The quantitative estimate of drug-likeness (QED) is 0.811. The standard InChI is InChI=1S/C12H13FO2/c13-9-6-4-8(5-7-9)10-2-1-3-11(10)12(14)15/h4-7,10-11H,1-3H2,(H,14,15). The van der Waals surface area contributed by atoms with Crippen molar-refractivity contribution in [3.05, 3.63) is 35.6 Å². The van der Waals surface area contributed by atoms with Crippen molar-refractivity contribution in [1.82, 2.24) is 0 Å². The van der Waals surface area contributed by atoms with E-state index in [1.54, 1.807) is 12.1 Å². The molecule has 0 spiro atoms. The zero-order valence-electron chi connectivity index (χ0n) is 8.32. The zero-order chi connectivity index (χ0) is 10.8. The van der Waals surface area contributed by atoms with Crippen molar-refractivity contribution >= 4 is 5.97 Å². The maximum Gasteiger partial charge on any atom is 0.307 e. The summed E-state index contributed by atoms with van der Waals surface area (Å²) in [5.74, 6) is -1.25. The number of rotatable bonds is 2. The second-order valence-electron chi connectivity index (χ2n) is 4.03. The van der Waals surface area contributed by atoms with Gasteiger partial charge in [-0.05, 0) is 36.5 Å². The van der Waals surface area contributed by atoms with Crippen LogP contribution in [0.1, 0.15) is 30.7 Å². The summed E-state index contributed by atoms with van der Waals surface area (Å²) in [5, 5.41) is 9.03. The summed E-state index contributed by atoms with van der Waals surface area (Å²) in [7, 11) is 0. The molecule has 1 saturated carbocycles. The lowest BCUT2D eigenvalue weighted by Crippen LogP contribution is -2.16. The second kappa shape index (κ2) is 4.01. The maximum absolute atomic E-state index is 12.7. The minimum Gasteiger partial charge on any atom is -0.481 e. The molecule has 2 unspecified atom stereocenters. The number of carbonyl (C=O) groups is 1. The van der Waals surface area contributed by atoms with Gasteiger partial charge in [0.2, 0.25) is 0 Å². The van der Waals surface area contributed by atoms with Gasteiger partial charge < -0.3 is 5.11 Å². The van der Waals surface area contributed by atoms with Gasteiger partial charge in [0, 0.05) is 0 Å². The first kappa shape index (κ1) is 10.1. The van der Waals surface area contributed by atoms with Gasteiger partial charge in [-0.15, -0.1) is 0 Å². The lowest BCUT2D eigenvalue weighted by Gasteiger charge is -2.15. The summed E-state index contributed by atoms with van der Waals surface area (Å²) in [6, 6.07) is 6.18. The van der Waals surface area contributed by atoms with Crippen LogP contribution in [0.25, 0.3) is 0 Å². The van der Waals surface area contributed by atoms with Crippen molar-refractivity contribution in [2.24, 2.45) is 5.92 Å². The third-order valence-electron chi connectivity index (χ3n) is 3.13. The Morgan fingerprint density at radius 1 is 1.27 bits per heavy atom. The Kier molecular flexibility index (Phi) is 2.71. The first-order valence-corrected chi connectivity index (χ1v) is 5.17. The fourth-order valence-corrected chi connectivity index (χ4v) is 2.36. The highest BCUT2D eigenvalue weighted by Gasteiger charge is 2.33. The van der Waals surface area contributed by atoms with Gasteiger partial charge in [-0.25, -0.2) is 4.39 Å². The number of carboxylic acid groups (broad SMARTS) is 1. The molecule has 0 aromatic heterocycles. The summed E-state index contributed by atoms with van der Waals surface area (Å²) >= 11 is 0. The van der Waals surface area contributed by atoms with E-state index in [9.17, 15) is 9.18 Å². The Morgan fingerprint density at radius 2 is 1.93 bits per heavy atom. The topological polar surface area (TPSA) is 37.3 Å². The number of carboxylic acids is 1. The largest absolute Gasteiger partial charge is 0.481 e. The summed E-state index contributed by atoms with van der Waals surface area (Å²) in [5.41, 5.74) is 0.946. The van der Waals surface area contributed by atoms with E-state index in [2.05, 4.69) is 0 Å². The average Bonchev–Trinajstić information content (AvgIpc) is 2.67. The highest BCUT2D eigenvalue weighted by atomic mass is 19.1. The third kappa shape index (κ3) is 2.01. The van der Waals surface area contributed by atoms with E-state index in [-0.39, 0.29) is 17.7 Å². The van der Waals surface area contributed by atoms with Crippen LogP contribution in [0.15, 0.2) is 24.3 Å². The third-order valence-corrected chi connectivity index (χ3v) is 3.13. The number of aliphatic carboxylic acids is 1. The fourth-order valence-electron chi connectivity index (χ4n) is 2.36. The predicted octanol–water partition coefficient (Wildman–Crippen LogP) is 2.79. The Labute approximate surface area is 87.7 Å². The van der Waals surface area contributed by atoms with Crippen molar-refractivity contribution in [3.63, 3.8) is 0 Å². The predicted molar refractivity (Wildman–Crippen MR) is 54.1 cm³/mol. The maximum atomic E-state index is 12.7. The van der Waals surface area contributed by atoms with Gasteiger partial charge in [0.1, 0.15) is 5.82 Å². The van der Waals surface area contributed by atoms with Gasteiger partial charge in [-0.3, -0.25) is 4.79 Å². The molecule has 1 N–H and O–H groups in total. The average molecular weight is 208 g/mol. The fraction of sp³-hybridized carbons (Fsp3) is 0.417. The van der Waals surface area contributed by atoms with E-state index in [1.807, 2.05) is 0 Å². The van der Waals surface area contributed by atoms with Crippen molar-refractivity contribution in [2.75, 3.05) is 0 Å². The molecule has 1 aliphatic carbocycles. The van der Waals surface area contributed by atoms with Gasteiger partial charge in [0.25, 0.3) is 0 Å². The van der Waals surface area contributed by atoms with Gasteiger partial charge >= 0.3 is 5.97 Å². The molecule has 1 aliphatic rings. The minimum atomic E-state index is -0.734. The molecule has 15 heavy (non-hydrogen) atoms. The molecule has 0 bridgehead atoms.